The summed E-state index contributed by atoms with van der Waals surface area (Å²) < 4.78 is 5.58. The second-order valence-electron chi connectivity index (χ2n) is 6.94. The summed E-state index contributed by atoms with van der Waals surface area (Å²) in [4.78, 5) is 12.3. The number of allylic oxidation sites excluding steroid dienone is 1. The zero-order valence-corrected chi connectivity index (χ0v) is 13.1. The van der Waals surface area contributed by atoms with Crippen LogP contribution in [0, 0.1) is 0 Å². The van der Waals surface area contributed by atoms with E-state index in [2.05, 4.69) is 19.6 Å². The lowest BCUT2D eigenvalue weighted by atomic mass is 10.2. The fraction of sp³-hybridized carbons (Fsp3) is 0.786. The van der Waals surface area contributed by atoms with Gasteiger partial charge in [0, 0.05) is 5.20 Å². The third-order valence-electron chi connectivity index (χ3n) is 2.91. The molecule has 0 N–H and O–H groups in total. The Kier molecular flexibility index (Phi) is 4.23. The molecule has 2 nitrogen and oxygen atoms in total. The molecule has 1 aliphatic rings. The third kappa shape index (κ3) is 4.30. The number of ether oxygens (including phenoxy) is 1. The van der Waals surface area contributed by atoms with E-state index in [0.29, 0.717) is 0 Å². The number of esters is 1. The number of hydrogen-bond donors (Lipinski definition) is 0. The van der Waals surface area contributed by atoms with Crippen molar-refractivity contribution in [3.05, 3.63) is 10.8 Å². The minimum atomic E-state index is -1.61. The Bertz CT molecular complexity index is 321. The molecule has 0 unspecified atom stereocenters. The number of carbonyl (C=O) groups is 1. The molecule has 0 radical (unpaired) electrons. The lowest BCUT2D eigenvalue weighted by molar-refractivity contribution is -0.149. The van der Waals surface area contributed by atoms with E-state index in [1.165, 1.54) is 18.4 Å². The van der Waals surface area contributed by atoms with E-state index >= 15 is 0 Å². The van der Waals surface area contributed by atoms with Crippen molar-refractivity contribution in [3.63, 3.8) is 0 Å². The Labute approximate surface area is 106 Å². The Morgan fingerprint density at radius 3 is 1.94 bits per heavy atom. The summed E-state index contributed by atoms with van der Waals surface area (Å²) in [5, 5.41) is 1.05. The third-order valence-corrected chi connectivity index (χ3v) is 4.97. The first-order chi connectivity index (χ1) is 7.61. The highest BCUT2D eigenvalue weighted by atomic mass is 28.3. The highest BCUT2D eigenvalue weighted by molar-refractivity contribution is 6.87. The molecule has 1 aliphatic carbocycles. The van der Waals surface area contributed by atoms with Crippen LogP contribution < -0.4 is 0 Å². The van der Waals surface area contributed by atoms with Crippen LogP contribution in [0.3, 0.4) is 0 Å². The minimum absolute atomic E-state index is 0.0615. The van der Waals surface area contributed by atoms with Crippen molar-refractivity contribution in [1.29, 1.82) is 0 Å². The molecule has 3 heteroatoms. The number of carbonyl (C=O) groups excluding carboxylic acids is 1. The smallest absolute Gasteiger partial charge is 0.330 e. The van der Waals surface area contributed by atoms with E-state index in [1.807, 2.05) is 20.8 Å². The highest BCUT2D eigenvalue weighted by Crippen LogP contribution is 2.32. The van der Waals surface area contributed by atoms with Gasteiger partial charge >= 0.3 is 5.97 Å². The quantitative estimate of drug-likeness (QED) is 0.422. The lowest BCUT2D eigenvalue weighted by Gasteiger charge is -2.27. The first-order valence-corrected chi connectivity index (χ1v) is 10.1. The molecule has 0 saturated heterocycles. The van der Waals surface area contributed by atoms with Gasteiger partial charge in [0.05, 0.1) is 8.07 Å². The normalized spacial score (nSPS) is 17.2. The van der Waals surface area contributed by atoms with Crippen molar-refractivity contribution < 1.29 is 9.53 Å². The Hall–Kier alpha value is -0.573. The van der Waals surface area contributed by atoms with Gasteiger partial charge < -0.3 is 4.74 Å². The summed E-state index contributed by atoms with van der Waals surface area (Å²) in [7, 11) is -1.61. The molecule has 0 heterocycles. The standard InChI is InChI=1S/C14H26O2Si/c1-14(2,3)16-13(15)12(17(4,5)6)11-9-7-8-10-11/h7-10H2,1-6H3. The second kappa shape index (κ2) is 4.97. The SMILES string of the molecule is CC(C)(C)OC(=O)C(=C1CCCC1)[Si](C)(C)C. The molecule has 0 aromatic carbocycles. The van der Waals surface area contributed by atoms with Crippen LogP contribution >= 0.6 is 0 Å². The van der Waals surface area contributed by atoms with Crippen LogP contribution in [-0.4, -0.2) is 19.6 Å². The monoisotopic (exact) mass is 254 g/mol. The van der Waals surface area contributed by atoms with Crippen LogP contribution in [0.15, 0.2) is 10.8 Å². The molecule has 0 spiro atoms. The molecule has 1 fully saturated rings. The van der Waals surface area contributed by atoms with Crippen LogP contribution in [-0.2, 0) is 9.53 Å². The molecule has 1 rings (SSSR count). The van der Waals surface area contributed by atoms with Crippen molar-refractivity contribution in [2.45, 2.75) is 71.7 Å². The van der Waals surface area contributed by atoms with Gasteiger partial charge in [-0.3, -0.25) is 0 Å². The molecule has 0 aromatic heterocycles. The van der Waals surface area contributed by atoms with E-state index in [0.717, 1.165) is 18.0 Å². The Balaban J connectivity index is 3.01. The fourth-order valence-corrected chi connectivity index (χ4v) is 4.34. The van der Waals surface area contributed by atoms with Crippen molar-refractivity contribution in [2.24, 2.45) is 0 Å². The van der Waals surface area contributed by atoms with E-state index in [9.17, 15) is 4.79 Å². The molecule has 0 aromatic rings. The van der Waals surface area contributed by atoms with E-state index < -0.39 is 8.07 Å². The van der Waals surface area contributed by atoms with Gasteiger partial charge in [0.25, 0.3) is 0 Å². The average Bonchev–Trinajstić information content (AvgIpc) is 2.49. The lowest BCUT2D eigenvalue weighted by Crippen LogP contribution is -2.35. The van der Waals surface area contributed by atoms with Gasteiger partial charge in [-0.15, -0.1) is 0 Å². The molecule has 0 atom stereocenters. The molecule has 17 heavy (non-hydrogen) atoms. The topological polar surface area (TPSA) is 26.3 Å². The first kappa shape index (κ1) is 14.5. The molecule has 0 aliphatic heterocycles. The van der Waals surface area contributed by atoms with Gasteiger partial charge in [0.2, 0.25) is 0 Å². The van der Waals surface area contributed by atoms with Crippen molar-refractivity contribution >= 4 is 14.0 Å². The van der Waals surface area contributed by atoms with Gasteiger partial charge in [-0.1, -0.05) is 25.2 Å². The van der Waals surface area contributed by atoms with Gasteiger partial charge in [0.15, 0.2) is 0 Å². The van der Waals surface area contributed by atoms with Crippen LogP contribution in [0.4, 0.5) is 0 Å². The number of hydrogen-bond acceptors (Lipinski definition) is 2. The fourth-order valence-electron chi connectivity index (χ4n) is 2.36. The van der Waals surface area contributed by atoms with Crippen molar-refractivity contribution in [3.8, 4) is 0 Å². The summed E-state index contributed by atoms with van der Waals surface area (Å²) in [6.45, 7) is 12.5. The first-order valence-electron chi connectivity index (χ1n) is 6.57. The maximum absolute atomic E-state index is 12.3. The van der Waals surface area contributed by atoms with Gasteiger partial charge in [0.1, 0.15) is 5.60 Å². The maximum atomic E-state index is 12.3. The average molecular weight is 254 g/mol. The summed E-state index contributed by atoms with van der Waals surface area (Å²) in [6, 6.07) is 0. The molecule has 1 saturated carbocycles. The zero-order valence-electron chi connectivity index (χ0n) is 12.1. The van der Waals surface area contributed by atoms with Crippen molar-refractivity contribution in [1.82, 2.24) is 0 Å². The Morgan fingerprint density at radius 1 is 1.12 bits per heavy atom. The van der Waals surface area contributed by atoms with Gasteiger partial charge in [-0.2, -0.15) is 0 Å². The van der Waals surface area contributed by atoms with Gasteiger partial charge in [-0.25, -0.2) is 4.79 Å². The van der Waals surface area contributed by atoms with Crippen LogP contribution in [0.5, 0.6) is 0 Å². The summed E-state index contributed by atoms with van der Waals surface area (Å²) in [5.74, 6) is -0.0615. The van der Waals surface area contributed by atoms with Gasteiger partial charge in [-0.05, 0) is 46.5 Å². The number of rotatable bonds is 2. The van der Waals surface area contributed by atoms with Crippen LogP contribution in [0.2, 0.25) is 19.6 Å². The molecule has 98 valence electrons. The molecular weight excluding hydrogens is 228 g/mol. The van der Waals surface area contributed by atoms with Crippen LogP contribution in [0.25, 0.3) is 0 Å². The summed E-state index contributed by atoms with van der Waals surface area (Å²) in [5.41, 5.74) is 0.986. The predicted octanol–water partition coefficient (Wildman–Crippen LogP) is 4.08. The summed E-state index contributed by atoms with van der Waals surface area (Å²) >= 11 is 0. The van der Waals surface area contributed by atoms with E-state index in [-0.39, 0.29) is 11.6 Å². The summed E-state index contributed by atoms with van der Waals surface area (Å²) in [6.07, 6.45) is 4.65. The molecule has 0 amide bonds. The Morgan fingerprint density at radius 2 is 1.59 bits per heavy atom. The van der Waals surface area contributed by atoms with Crippen molar-refractivity contribution in [2.75, 3.05) is 0 Å². The maximum Gasteiger partial charge on any atom is 0.330 e. The molecule has 0 bridgehead atoms. The van der Waals surface area contributed by atoms with E-state index in [1.54, 1.807) is 0 Å². The highest BCUT2D eigenvalue weighted by Gasteiger charge is 2.33. The zero-order chi connectivity index (χ0) is 13.3. The largest absolute Gasteiger partial charge is 0.457 e. The van der Waals surface area contributed by atoms with Crippen LogP contribution in [0.1, 0.15) is 46.5 Å². The second-order valence-corrected chi connectivity index (χ2v) is 11.9. The predicted molar refractivity (Wildman–Crippen MR) is 74.7 cm³/mol. The van der Waals surface area contributed by atoms with E-state index in [4.69, 9.17) is 4.74 Å². The minimum Gasteiger partial charge on any atom is -0.457 e. The molecular formula is C14H26O2Si.